The molecule has 1 aromatic heterocycles. The van der Waals surface area contributed by atoms with Gasteiger partial charge < -0.3 is 16.4 Å². The third kappa shape index (κ3) is 4.46. The number of hydrogen-bond acceptors (Lipinski definition) is 6. The van der Waals surface area contributed by atoms with E-state index in [1.807, 2.05) is 0 Å². The third-order valence-electron chi connectivity index (χ3n) is 2.66. The van der Waals surface area contributed by atoms with Crippen molar-refractivity contribution in [3.8, 4) is 0 Å². The summed E-state index contributed by atoms with van der Waals surface area (Å²) >= 11 is 1.28. The van der Waals surface area contributed by atoms with Crippen LogP contribution in [0.15, 0.2) is 0 Å². The number of nitrogens with two attached hydrogens (primary N) is 1. The maximum atomic E-state index is 11.9. The Hall–Kier alpha value is -1.15. The molecule has 6 nitrogen and oxygen atoms in total. The lowest BCUT2D eigenvalue weighted by Crippen LogP contribution is -2.25. The highest BCUT2D eigenvalue weighted by atomic mass is 32.2. The first-order chi connectivity index (χ1) is 9.06. The van der Waals surface area contributed by atoms with Gasteiger partial charge in [-0.3, -0.25) is 9.00 Å². The number of carbonyl (C=O) groups excluding carboxylic acids is 1. The number of nitrogen functional groups attached to an aromatic ring is 1. The predicted octanol–water partition coefficient (Wildman–Crippen LogP) is 0.798. The van der Waals surface area contributed by atoms with Gasteiger partial charge in [0.1, 0.15) is 10.7 Å². The largest absolute Gasteiger partial charge is 0.382 e. The molecule has 0 saturated heterocycles. The van der Waals surface area contributed by atoms with Crippen molar-refractivity contribution in [2.45, 2.75) is 25.3 Å². The van der Waals surface area contributed by atoms with Gasteiger partial charge >= 0.3 is 0 Å². The molecule has 0 bridgehead atoms. The molecule has 1 aromatic rings. The predicted molar refractivity (Wildman–Crippen MR) is 79.1 cm³/mol. The summed E-state index contributed by atoms with van der Waals surface area (Å²) in [7, 11) is -0.821. The highest BCUT2D eigenvalue weighted by Gasteiger charge is 2.24. The summed E-state index contributed by atoms with van der Waals surface area (Å²) in [5.41, 5.74) is 5.74. The van der Waals surface area contributed by atoms with Gasteiger partial charge in [-0.05, 0) is 19.3 Å². The maximum absolute atomic E-state index is 11.9. The van der Waals surface area contributed by atoms with E-state index in [0.29, 0.717) is 34.8 Å². The molecule has 1 heterocycles. The molecule has 0 aliphatic heterocycles. The average molecular weight is 302 g/mol. The zero-order valence-electron chi connectivity index (χ0n) is 10.8. The molecule has 0 aromatic carbocycles. The van der Waals surface area contributed by atoms with Gasteiger partial charge in [0, 0.05) is 35.4 Å². The Labute approximate surface area is 118 Å². The van der Waals surface area contributed by atoms with Gasteiger partial charge in [-0.1, -0.05) is 11.3 Å². The Kier molecular flexibility index (Phi) is 4.76. The Morgan fingerprint density at radius 3 is 2.95 bits per heavy atom. The summed E-state index contributed by atoms with van der Waals surface area (Å²) in [4.78, 5) is 16.5. The Morgan fingerprint density at radius 1 is 1.58 bits per heavy atom. The highest BCUT2D eigenvalue weighted by Crippen LogP contribution is 2.30. The van der Waals surface area contributed by atoms with E-state index < -0.39 is 10.8 Å². The van der Waals surface area contributed by atoms with Crippen LogP contribution in [0.5, 0.6) is 0 Å². The summed E-state index contributed by atoms with van der Waals surface area (Å²) in [5.74, 6) is 0.651. The molecule has 1 amide bonds. The lowest BCUT2D eigenvalue weighted by Gasteiger charge is -2.02. The number of aromatic nitrogens is 1. The lowest BCUT2D eigenvalue weighted by molar-refractivity contribution is 0.0958. The van der Waals surface area contributed by atoms with Crippen molar-refractivity contribution >= 4 is 39.0 Å². The average Bonchev–Trinajstić information content (AvgIpc) is 3.07. The molecule has 1 unspecified atom stereocenters. The van der Waals surface area contributed by atoms with Crippen LogP contribution in [-0.4, -0.2) is 39.7 Å². The zero-order valence-corrected chi connectivity index (χ0v) is 12.4. The van der Waals surface area contributed by atoms with Gasteiger partial charge in [0.25, 0.3) is 5.91 Å². The van der Waals surface area contributed by atoms with Crippen LogP contribution in [0.2, 0.25) is 0 Å². The quantitative estimate of drug-likeness (QED) is 0.647. The van der Waals surface area contributed by atoms with Crippen LogP contribution in [0.25, 0.3) is 0 Å². The van der Waals surface area contributed by atoms with E-state index in [1.54, 1.807) is 6.26 Å². The smallest absolute Gasteiger partial charge is 0.265 e. The molecular weight excluding hydrogens is 284 g/mol. The van der Waals surface area contributed by atoms with Crippen molar-refractivity contribution in [1.82, 2.24) is 10.3 Å². The van der Waals surface area contributed by atoms with Crippen molar-refractivity contribution < 1.29 is 9.00 Å². The number of amides is 1. The monoisotopic (exact) mass is 302 g/mol. The number of anilines is 2. The second-order valence-corrected chi connectivity index (χ2v) is 7.09. The molecule has 19 heavy (non-hydrogen) atoms. The molecule has 1 fully saturated rings. The molecule has 0 spiro atoms. The van der Waals surface area contributed by atoms with Gasteiger partial charge in [0.05, 0.1) is 0 Å². The Bertz CT molecular complexity index is 485. The first kappa shape index (κ1) is 14.3. The summed E-state index contributed by atoms with van der Waals surface area (Å²) in [6.45, 7) is 0.501. The maximum Gasteiger partial charge on any atom is 0.265 e. The molecule has 1 aliphatic carbocycles. The zero-order chi connectivity index (χ0) is 13.8. The van der Waals surface area contributed by atoms with E-state index in [9.17, 15) is 9.00 Å². The van der Waals surface area contributed by atoms with Crippen molar-refractivity contribution in [2.24, 2.45) is 0 Å². The van der Waals surface area contributed by atoms with E-state index >= 15 is 0 Å². The molecular formula is C11H18N4O2S2. The molecule has 8 heteroatoms. The minimum atomic E-state index is -0.821. The standard InChI is InChI=1S/C11H18N4O2S2/c1-19(17)6-2-5-13-10(16)8-9(12)15-11(18-8)14-7-3-4-7/h7H,2-6,12H2,1H3,(H,13,16)(H,14,15). The Balaban J connectivity index is 1.83. The fourth-order valence-corrected chi connectivity index (χ4v) is 2.95. The van der Waals surface area contributed by atoms with Crippen LogP contribution in [0.4, 0.5) is 10.9 Å². The normalized spacial score (nSPS) is 16.1. The number of carbonyl (C=O) groups is 1. The number of nitrogens with one attached hydrogen (secondary N) is 2. The van der Waals surface area contributed by atoms with E-state index in [1.165, 1.54) is 11.3 Å². The first-order valence-corrected chi connectivity index (χ1v) is 8.71. The molecule has 1 atom stereocenters. The van der Waals surface area contributed by atoms with Crippen molar-refractivity contribution in [3.05, 3.63) is 4.88 Å². The van der Waals surface area contributed by atoms with Gasteiger partial charge in [-0.2, -0.15) is 0 Å². The molecule has 1 aliphatic rings. The third-order valence-corrected chi connectivity index (χ3v) is 4.52. The summed E-state index contributed by atoms with van der Waals surface area (Å²) in [6.07, 6.45) is 4.64. The van der Waals surface area contributed by atoms with Crippen molar-refractivity contribution in [2.75, 3.05) is 29.6 Å². The summed E-state index contributed by atoms with van der Waals surface area (Å²) < 4.78 is 10.9. The van der Waals surface area contributed by atoms with E-state index in [-0.39, 0.29) is 11.7 Å². The van der Waals surface area contributed by atoms with Crippen molar-refractivity contribution in [3.63, 3.8) is 0 Å². The second kappa shape index (κ2) is 6.33. The fraction of sp³-hybridized carbons (Fsp3) is 0.636. The number of hydrogen-bond donors (Lipinski definition) is 3. The van der Waals surface area contributed by atoms with Crippen LogP contribution in [0, 0.1) is 0 Å². The molecule has 4 N–H and O–H groups in total. The minimum Gasteiger partial charge on any atom is -0.382 e. The highest BCUT2D eigenvalue weighted by molar-refractivity contribution is 7.84. The first-order valence-electron chi connectivity index (χ1n) is 6.17. The summed E-state index contributed by atoms with van der Waals surface area (Å²) in [6, 6.07) is 0.487. The van der Waals surface area contributed by atoms with Crippen molar-refractivity contribution in [1.29, 1.82) is 0 Å². The van der Waals surface area contributed by atoms with Crippen LogP contribution < -0.4 is 16.4 Å². The van der Waals surface area contributed by atoms with Crippen LogP contribution in [0.3, 0.4) is 0 Å². The van der Waals surface area contributed by atoms with Gasteiger partial charge in [0.15, 0.2) is 5.13 Å². The SMILES string of the molecule is CS(=O)CCCNC(=O)c1sc(NC2CC2)nc1N. The van der Waals surface area contributed by atoms with Gasteiger partial charge in [-0.25, -0.2) is 4.98 Å². The second-order valence-electron chi connectivity index (χ2n) is 4.54. The number of nitrogens with zero attached hydrogens (tertiary/aromatic N) is 1. The topological polar surface area (TPSA) is 97.1 Å². The van der Waals surface area contributed by atoms with Gasteiger partial charge in [0.2, 0.25) is 0 Å². The molecule has 1 saturated carbocycles. The fourth-order valence-electron chi connectivity index (χ4n) is 1.52. The molecule has 0 radical (unpaired) electrons. The van der Waals surface area contributed by atoms with Gasteiger partial charge in [-0.15, -0.1) is 0 Å². The molecule has 2 rings (SSSR count). The van der Waals surface area contributed by atoms with E-state index in [0.717, 1.165) is 12.8 Å². The van der Waals surface area contributed by atoms with Crippen LogP contribution >= 0.6 is 11.3 Å². The number of thiazole rings is 1. The van der Waals surface area contributed by atoms with E-state index in [2.05, 4.69) is 15.6 Å². The number of rotatable bonds is 7. The minimum absolute atomic E-state index is 0.208. The van der Waals surface area contributed by atoms with E-state index in [4.69, 9.17) is 5.73 Å². The van der Waals surface area contributed by atoms with Crippen LogP contribution in [-0.2, 0) is 10.8 Å². The molecule has 106 valence electrons. The Morgan fingerprint density at radius 2 is 2.32 bits per heavy atom. The van der Waals surface area contributed by atoms with Crippen LogP contribution in [0.1, 0.15) is 28.9 Å². The summed E-state index contributed by atoms with van der Waals surface area (Å²) in [5, 5.41) is 6.70. The lowest BCUT2D eigenvalue weighted by atomic mass is 10.4.